The van der Waals surface area contributed by atoms with Crippen molar-refractivity contribution >= 4 is 21.6 Å². The molecule has 2 rings (SSSR count). The van der Waals surface area contributed by atoms with E-state index in [1.165, 1.54) is 18.2 Å². The molecule has 2 aromatic rings. The quantitative estimate of drug-likeness (QED) is 0.800. The molecule has 0 bridgehead atoms. The normalized spacial score (nSPS) is 12.8. The smallest absolute Gasteiger partial charge is 0.238 e. The van der Waals surface area contributed by atoms with Gasteiger partial charge in [0.25, 0.3) is 0 Å². The van der Waals surface area contributed by atoms with Crippen molar-refractivity contribution in [2.45, 2.75) is 17.9 Å². The molecule has 0 aliphatic heterocycles. The molecule has 0 heterocycles. The van der Waals surface area contributed by atoms with Crippen molar-refractivity contribution in [3.8, 4) is 0 Å². The molecular formula is C17H19F2N3O3S. The van der Waals surface area contributed by atoms with Gasteiger partial charge in [-0.1, -0.05) is 18.2 Å². The first-order valence-electron chi connectivity index (χ1n) is 7.66. The first-order chi connectivity index (χ1) is 12.1. The molecule has 0 saturated carbocycles. The third-order valence-electron chi connectivity index (χ3n) is 3.97. The van der Waals surface area contributed by atoms with Gasteiger partial charge < -0.3 is 5.32 Å². The molecule has 1 amide bonds. The summed E-state index contributed by atoms with van der Waals surface area (Å²) in [6.07, 6.45) is 0. The van der Waals surface area contributed by atoms with Crippen LogP contribution in [0.5, 0.6) is 0 Å². The maximum absolute atomic E-state index is 13.6. The second-order valence-electron chi connectivity index (χ2n) is 5.85. The number of anilines is 1. The Morgan fingerprint density at radius 2 is 1.69 bits per heavy atom. The molecule has 0 unspecified atom stereocenters. The zero-order chi connectivity index (χ0) is 19.5. The molecule has 0 spiro atoms. The van der Waals surface area contributed by atoms with E-state index in [4.69, 9.17) is 5.14 Å². The Morgan fingerprint density at radius 1 is 1.15 bits per heavy atom. The minimum Gasteiger partial charge on any atom is -0.320 e. The second kappa shape index (κ2) is 7.90. The summed E-state index contributed by atoms with van der Waals surface area (Å²) >= 11 is 0. The largest absolute Gasteiger partial charge is 0.320 e. The summed E-state index contributed by atoms with van der Waals surface area (Å²) in [5.74, 6) is -2.29. The Labute approximate surface area is 150 Å². The number of rotatable bonds is 6. The van der Waals surface area contributed by atoms with Crippen molar-refractivity contribution in [1.29, 1.82) is 0 Å². The molecule has 0 aliphatic rings. The maximum Gasteiger partial charge on any atom is 0.238 e. The number of hydrogen-bond donors (Lipinski definition) is 2. The fourth-order valence-electron chi connectivity index (χ4n) is 2.35. The number of halogens is 2. The number of carbonyl (C=O) groups is 1. The Balaban J connectivity index is 2.04. The Morgan fingerprint density at radius 3 is 2.19 bits per heavy atom. The van der Waals surface area contributed by atoms with Gasteiger partial charge in [-0.05, 0) is 43.8 Å². The van der Waals surface area contributed by atoms with Crippen LogP contribution < -0.4 is 10.5 Å². The topological polar surface area (TPSA) is 92.5 Å². The lowest BCUT2D eigenvalue weighted by molar-refractivity contribution is -0.117. The molecular weight excluding hydrogens is 364 g/mol. The molecule has 140 valence electrons. The highest BCUT2D eigenvalue weighted by Crippen LogP contribution is 2.21. The van der Waals surface area contributed by atoms with E-state index in [0.29, 0.717) is 0 Å². The van der Waals surface area contributed by atoms with Crippen LogP contribution in [0.4, 0.5) is 14.5 Å². The van der Waals surface area contributed by atoms with E-state index in [1.807, 2.05) is 6.92 Å². The van der Waals surface area contributed by atoms with E-state index in [0.717, 1.165) is 17.7 Å². The van der Waals surface area contributed by atoms with Crippen molar-refractivity contribution in [2.75, 3.05) is 18.9 Å². The molecule has 0 aliphatic carbocycles. The van der Waals surface area contributed by atoms with Crippen LogP contribution in [0.3, 0.4) is 0 Å². The van der Waals surface area contributed by atoms with Gasteiger partial charge >= 0.3 is 0 Å². The number of likely N-dealkylation sites (N-methyl/N-ethyl adjacent to an activating group) is 1. The van der Waals surface area contributed by atoms with Gasteiger partial charge in [-0.3, -0.25) is 9.69 Å². The van der Waals surface area contributed by atoms with Crippen LogP contribution >= 0.6 is 0 Å². The number of nitrogens with zero attached hydrogens (tertiary/aromatic N) is 1. The summed E-state index contributed by atoms with van der Waals surface area (Å²) in [4.78, 5) is 13.7. The van der Waals surface area contributed by atoms with Crippen LogP contribution in [0.1, 0.15) is 18.5 Å². The highest BCUT2D eigenvalue weighted by atomic mass is 32.2. The third kappa shape index (κ3) is 4.84. The summed E-state index contributed by atoms with van der Waals surface area (Å²) in [5.41, 5.74) is 0.265. The van der Waals surface area contributed by atoms with Crippen molar-refractivity contribution in [2.24, 2.45) is 5.14 Å². The fourth-order valence-corrected chi connectivity index (χ4v) is 2.87. The van der Waals surface area contributed by atoms with E-state index in [-0.39, 0.29) is 17.5 Å². The number of amides is 1. The number of nitrogens with one attached hydrogen (secondary N) is 1. The van der Waals surface area contributed by atoms with E-state index in [1.54, 1.807) is 24.1 Å². The second-order valence-corrected chi connectivity index (χ2v) is 7.41. The summed E-state index contributed by atoms with van der Waals surface area (Å²) < 4.78 is 49.7. The van der Waals surface area contributed by atoms with Gasteiger partial charge in [0.2, 0.25) is 15.9 Å². The van der Waals surface area contributed by atoms with Crippen molar-refractivity contribution < 1.29 is 22.0 Å². The van der Waals surface area contributed by atoms with Crippen LogP contribution in [0.15, 0.2) is 47.4 Å². The molecule has 26 heavy (non-hydrogen) atoms. The molecule has 0 saturated heterocycles. The molecule has 6 nitrogen and oxygen atoms in total. The number of hydrogen-bond acceptors (Lipinski definition) is 4. The standard InChI is InChI=1S/C17H19F2N3O3S/c1-11(12-6-8-13(9-7-12)26(20,24)25)22(2)10-16(23)21-17-14(18)4-3-5-15(17)19/h3-9,11H,10H2,1-2H3,(H,21,23)(H2,20,24,25)/t11-/m0/s1. The lowest BCUT2D eigenvalue weighted by Gasteiger charge is -2.24. The van der Waals surface area contributed by atoms with Gasteiger partial charge in [-0.25, -0.2) is 22.3 Å². The van der Waals surface area contributed by atoms with Gasteiger partial charge in [0, 0.05) is 6.04 Å². The highest BCUT2D eigenvalue weighted by molar-refractivity contribution is 7.89. The SMILES string of the molecule is C[C@@H](c1ccc(S(N)(=O)=O)cc1)N(C)CC(=O)Nc1c(F)cccc1F. The zero-order valence-corrected chi connectivity index (χ0v) is 15.1. The van der Waals surface area contributed by atoms with Crippen LogP contribution in [-0.4, -0.2) is 32.8 Å². The van der Waals surface area contributed by atoms with Crippen LogP contribution in [-0.2, 0) is 14.8 Å². The minimum atomic E-state index is -3.78. The van der Waals surface area contributed by atoms with Crippen molar-refractivity contribution in [3.05, 3.63) is 59.7 Å². The monoisotopic (exact) mass is 383 g/mol. The lowest BCUT2D eigenvalue weighted by atomic mass is 10.1. The van der Waals surface area contributed by atoms with E-state index >= 15 is 0 Å². The van der Waals surface area contributed by atoms with Crippen LogP contribution in [0, 0.1) is 11.6 Å². The van der Waals surface area contributed by atoms with Crippen LogP contribution in [0.2, 0.25) is 0 Å². The summed E-state index contributed by atoms with van der Waals surface area (Å²) in [6.45, 7) is 1.69. The molecule has 0 radical (unpaired) electrons. The first kappa shape index (κ1) is 20.0. The molecule has 3 N–H and O–H groups in total. The number of nitrogens with two attached hydrogens (primary N) is 1. The number of primary sulfonamides is 1. The van der Waals surface area contributed by atoms with Crippen LogP contribution in [0.25, 0.3) is 0 Å². The van der Waals surface area contributed by atoms with Gasteiger partial charge in [0.1, 0.15) is 17.3 Å². The van der Waals surface area contributed by atoms with Crippen molar-refractivity contribution in [3.63, 3.8) is 0 Å². The summed E-state index contributed by atoms with van der Waals surface area (Å²) in [5, 5.41) is 7.27. The summed E-state index contributed by atoms with van der Waals surface area (Å²) in [6, 6.07) is 9.01. The maximum atomic E-state index is 13.6. The number of para-hydroxylation sites is 1. The zero-order valence-electron chi connectivity index (χ0n) is 14.2. The predicted molar refractivity (Wildman–Crippen MR) is 93.8 cm³/mol. The highest BCUT2D eigenvalue weighted by Gasteiger charge is 2.18. The fraction of sp³-hybridized carbons (Fsp3) is 0.235. The average Bonchev–Trinajstić information content (AvgIpc) is 2.57. The van der Waals surface area contributed by atoms with Gasteiger partial charge in [0.05, 0.1) is 11.4 Å². The minimum absolute atomic E-state index is 0.0103. The Kier molecular flexibility index (Phi) is 6.06. The van der Waals surface area contributed by atoms with Crippen molar-refractivity contribution in [1.82, 2.24) is 4.90 Å². The molecule has 0 fully saturated rings. The number of carbonyl (C=O) groups excluding carboxylic acids is 1. The third-order valence-corrected chi connectivity index (χ3v) is 4.90. The van der Waals surface area contributed by atoms with Gasteiger partial charge in [-0.15, -0.1) is 0 Å². The Hall–Kier alpha value is -2.36. The lowest BCUT2D eigenvalue weighted by Crippen LogP contribution is -2.32. The van der Waals surface area contributed by atoms with E-state index in [2.05, 4.69) is 5.32 Å². The van der Waals surface area contributed by atoms with E-state index in [9.17, 15) is 22.0 Å². The van der Waals surface area contributed by atoms with Gasteiger partial charge in [-0.2, -0.15) is 0 Å². The number of benzene rings is 2. The molecule has 9 heteroatoms. The van der Waals surface area contributed by atoms with E-state index < -0.39 is 33.3 Å². The average molecular weight is 383 g/mol. The Bertz CT molecular complexity index is 882. The molecule has 1 atom stereocenters. The summed E-state index contributed by atoms with van der Waals surface area (Å²) in [7, 11) is -2.11. The predicted octanol–water partition coefficient (Wildman–Crippen LogP) is 2.24. The first-order valence-corrected chi connectivity index (χ1v) is 9.21. The number of sulfonamides is 1. The molecule has 0 aromatic heterocycles. The molecule has 2 aromatic carbocycles. The van der Waals surface area contributed by atoms with Gasteiger partial charge in [0.15, 0.2) is 0 Å².